The van der Waals surface area contributed by atoms with Crippen LogP contribution in [0.4, 0.5) is 0 Å². The average molecular weight is 669 g/mol. The van der Waals surface area contributed by atoms with E-state index in [2.05, 4.69) is 182 Å². The second kappa shape index (κ2) is 11.9. The summed E-state index contributed by atoms with van der Waals surface area (Å²) in [7, 11) is -2.89. The molecule has 240 valence electrons. The van der Waals surface area contributed by atoms with Crippen LogP contribution in [0.15, 0.2) is 203 Å². The highest BCUT2D eigenvalue weighted by Gasteiger charge is 2.41. The molecule has 0 aliphatic heterocycles. The van der Waals surface area contributed by atoms with Gasteiger partial charge < -0.3 is 8.83 Å². The number of hydrogen-bond acceptors (Lipinski definition) is 2. The van der Waals surface area contributed by atoms with Crippen LogP contribution in [-0.2, 0) is 0 Å². The van der Waals surface area contributed by atoms with Crippen molar-refractivity contribution in [1.82, 2.24) is 0 Å². The molecule has 0 aliphatic carbocycles. The molecule has 0 atom stereocenters. The SMILES string of the molecule is c1ccc([Si](c2ccccc2)(c2cccc(-c3cccc4c3oc3ccccc34)c2)c2cccc(-c3cccc4c3oc3ccccc34)c2)cc1. The van der Waals surface area contributed by atoms with E-state index in [9.17, 15) is 0 Å². The first-order valence-electron chi connectivity index (χ1n) is 17.4. The normalized spacial score (nSPS) is 11.9. The molecule has 0 N–H and O–H groups in total. The third-order valence-electron chi connectivity index (χ3n) is 10.4. The van der Waals surface area contributed by atoms with E-state index in [4.69, 9.17) is 8.83 Å². The molecule has 0 saturated carbocycles. The van der Waals surface area contributed by atoms with Crippen molar-refractivity contribution in [1.29, 1.82) is 0 Å². The van der Waals surface area contributed by atoms with Gasteiger partial charge in [-0.15, -0.1) is 0 Å². The highest BCUT2D eigenvalue weighted by molar-refractivity contribution is 7.20. The maximum absolute atomic E-state index is 6.54. The van der Waals surface area contributed by atoms with Crippen molar-refractivity contribution in [2.75, 3.05) is 0 Å². The van der Waals surface area contributed by atoms with Gasteiger partial charge >= 0.3 is 0 Å². The molecule has 10 rings (SSSR count). The Morgan fingerprint density at radius 3 is 1.14 bits per heavy atom. The lowest BCUT2D eigenvalue weighted by Crippen LogP contribution is -2.74. The molecule has 2 nitrogen and oxygen atoms in total. The van der Waals surface area contributed by atoms with Crippen molar-refractivity contribution in [3.05, 3.63) is 194 Å². The summed E-state index contributed by atoms with van der Waals surface area (Å²) in [4.78, 5) is 0. The van der Waals surface area contributed by atoms with E-state index in [0.717, 1.165) is 66.1 Å². The molecule has 2 heterocycles. The summed E-state index contributed by atoms with van der Waals surface area (Å²) in [5.41, 5.74) is 8.13. The van der Waals surface area contributed by atoms with Crippen molar-refractivity contribution in [3.63, 3.8) is 0 Å². The van der Waals surface area contributed by atoms with Crippen LogP contribution in [0, 0.1) is 0 Å². The van der Waals surface area contributed by atoms with Gasteiger partial charge in [-0.25, -0.2) is 0 Å². The Kier molecular flexibility index (Phi) is 6.86. The minimum absolute atomic E-state index is 0.907. The van der Waals surface area contributed by atoms with E-state index >= 15 is 0 Å². The Morgan fingerprint density at radius 2 is 0.667 bits per heavy atom. The van der Waals surface area contributed by atoms with E-state index in [-0.39, 0.29) is 0 Å². The molecular weight excluding hydrogens is 637 g/mol. The Labute approximate surface area is 296 Å². The predicted molar refractivity (Wildman–Crippen MR) is 215 cm³/mol. The lowest BCUT2D eigenvalue weighted by Gasteiger charge is -2.35. The average Bonchev–Trinajstić information content (AvgIpc) is 3.78. The summed E-state index contributed by atoms with van der Waals surface area (Å²) in [6, 6.07) is 70.2. The molecule has 0 saturated heterocycles. The molecule has 0 amide bonds. The Balaban J connectivity index is 1.24. The quantitative estimate of drug-likeness (QED) is 0.130. The van der Waals surface area contributed by atoms with Gasteiger partial charge in [-0.1, -0.05) is 182 Å². The third-order valence-corrected chi connectivity index (χ3v) is 15.2. The monoisotopic (exact) mass is 668 g/mol. The van der Waals surface area contributed by atoms with Crippen LogP contribution in [0.25, 0.3) is 66.1 Å². The molecule has 51 heavy (non-hydrogen) atoms. The van der Waals surface area contributed by atoms with Gasteiger partial charge in [0.15, 0.2) is 8.07 Å². The van der Waals surface area contributed by atoms with Gasteiger partial charge in [-0.3, -0.25) is 0 Å². The number of furan rings is 2. The number of hydrogen-bond donors (Lipinski definition) is 0. The largest absolute Gasteiger partial charge is 0.455 e. The van der Waals surface area contributed by atoms with Gasteiger partial charge in [0.25, 0.3) is 0 Å². The summed E-state index contributed by atoms with van der Waals surface area (Å²) in [6.07, 6.45) is 0. The van der Waals surface area contributed by atoms with Crippen molar-refractivity contribution in [2.24, 2.45) is 0 Å². The van der Waals surface area contributed by atoms with E-state index in [1.54, 1.807) is 0 Å². The molecule has 0 fully saturated rings. The summed E-state index contributed by atoms with van der Waals surface area (Å²) < 4.78 is 13.1. The molecule has 0 aliphatic rings. The van der Waals surface area contributed by atoms with Gasteiger partial charge in [0.2, 0.25) is 0 Å². The Hall–Kier alpha value is -6.42. The molecule has 0 unspecified atom stereocenters. The number of rotatable bonds is 6. The van der Waals surface area contributed by atoms with E-state index < -0.39 is 8.07 Å². The zero-order chi connectivity index (χ0) is 33.8. The summed E-state index contributed by atoms with van der Waals surface area (Å²) in [5, 5.41) is 9.82. The molecule has 2 aromatic heterocycles. The second-order valence-electron chi connectivity index (χ2n) is 13.2. The predicted octanol–water partition coefficient (Wildman–Crippen LogP) is 10.2. The lowest BCUT2D eigenvalue weighted by atomic mass is 10.0. The molecular formula is C48H32O2Si. The molecule has 3 heteroatoms. The van der Waals surface area contributed by atoms with Crippen LogP contribution in [0.5, 0.6) is 0 Å². The third kappa shape index (κ3) is 4.63. The highest BCUT2D eigenvalue weighted by atomic mass is 28.3. The fourth-order valence-corrected chi connectivity index (χ4v) is 13.0. The number of fused-ring (bicyclic) bond motifs is 6. The molecule has 10 aromatic rings. The number of benzene rings is 8. The minimum atomic E-state index is -2.89. The fourth-order valence-electron chi connectivity index (χ4n) is 8.17. The minimum Gasteiger partial charge on any atom is -0.455 e. The van der Waals surface area contributed by atoms with E-state index in [1.807, 2.05) is 12.1 Å². The van der Waals surface area contributed by atoms with Crippen molar-refractivity contribution in [2.45, 2.75) is 0 Å². The zero-order valence-corrected chi connectivity index (χ0v) is 28.8. The van der Waals surface area contributed by atoms with Crippen molar-refractivity contribution in [3.8, 4) is 22.3 Å². The Morgan fingerprint density at radius 1 is 0.294 bits per heavy atom. The van der Waals surface area contributed by atoms with Gasteiger partial charge in [0, 0.05) is 32.7 Å². The van der Waals surface area contributed by atoms with E-state index in [0.29, 0.717) is 0 Å². The zero-order valence-electron chi connectivity index (χ0n) is 27.8. The van der Waals surface area contributed by atoms with E-state index in [1.165, 1.54) is 20.7 Å². The van der Waals surface area contributed by atoms with Gasteiger partial charge in [-0.2, -0.15) is 0 Å². The molecule has 0 spiro atoms. The fraction of sp³-hybridized carbons (Fsp3) is 0. The molecule has 8 aromatic carbocycles. The van der Waals surface area contributed by atoms with Crippen LogP contribution in [0.3, 0.4) is 0 Å². The van der Waals surface area contributed by atoms with Crippen LogP contribution in [0.1, 0.15) is 0 Å². The summed E-state index contributed by atoms with van der Waals surface area (Å²) in [5.74, 6) is 0. The summed E-state index contributed by atoms with van der Waals surface area (Å²) >= 11 is 0. The second-order valence-corrected chi connectivity index (χ2v) is 17.0. The first kappa shape index (κ1) is 29.5. The first-order chi connectivity index (χ1) is 25.3. The maximum atomic E-state index is 6.54. The van der Waals surface area contributed by atoms with Gasteiger partial charge in [0.1, 0.15) is 22.3 Å². The van der Waals surface area contributed by atoms with Crippen LogP contribution in [0.2, 0.25) is 0 Å². The highest BCUT2D eigenvalue weighted by Crippen LogP contribution is 2.37. The standard InChI is InChI=1S/C48H32O2Si/c1-3-17-35(18-4-1)51(36-19-5-2-6-20-36,37-21-11-15-33(31-37)39-25-13-27-43-41-23-7-9-29-45(41)49-47(39)43)38-22-12-16-34(32-38)40-26-14-28-44-42-24-8-10-30-46(42)50-48(40)44/h1-32H. The number of para-hydroxylation sites is 4. The smallest absolute Gasteiger partial charge is 0.179 e. The van der Waals surface area contributed by atoms with Crippen molar-refractivity contribution >= 4 is 72.7 Å². The van der Waals surface area contributed by atoms with Crippen LogP contribution in [-0.4, -0.2) is 8.07 Å². The van der Waals surface area contributed by atoms with Gasteiger partial charge in [0.05, 0.1) is 0 Å². The lowest BCUT2D eigenvalue weighted by molar-refractivity contribution is 0.669. The van der Waals surface area contributed by atoms with Gasteiger partial charge in [-0.05, 0) is 44.0 Å². The van der Waals surface area contributed by atoms with Crippen LogP contribution >= 0.6 is 0 Å². The molecule has 0 radical (unpaired) electrons. The summed E-state index contributed by atoms with van der Waals surface area (Å²) in [6.45, 7) is 0. The van der Waals surface area contributed by atoms with Crippen LogP contribution < -0.4 is 20.7 Å². The Bertz CT molecular complexity index is 2670. The maximum Gasteiger partial charge on any atom is 0.179 e. The molecule has 0 bridgehead atoms. The topological polar surface area (TPSA) is 26.3 Å². The first-order valence-corrected chi connectivity index (χ1v) is 19.4. The van der Waals surface area contributed by atoms with Crippen molar-refractivity contribution < 1.29 is 8.83 Å².